The van der Waals surface area contributed by atoms with E-state index in [0.29, 0.717) is 12.5 Å². The van der Waals surface area contributed by atoms with Crippen molar-refractivity contribution in [1.82, 2.24) is 14.5 Å². The van der Waals surface area contributed by atoms with Crippen LogP contribution in [-0.2, 0) is 11.3 Å². The van der Waals surface area contributed by atoms with E-state index in [1.165, 1.54) is 19.3 Å². The van der Waals surface area contributed by atoms with Crippen LogP contribution in [0.1, 0.15) is 51.4 Å². The van der Waals surface area contributed by atoms with E-state index in [2.05, 4.69) is 11.8 Å². The predicted octanol–water partition coefficient (Wildman–Crippen LogP) is 3.45. The number of carboxylic acids is 1. The third-order valence-electron chi connectivity index (χ3n) is 4.94. The first-order valence-corrected chi connectivity index (χ1v) is 8.54. The third-order valence-corrected chi connectivity index (χ3v) is 4.94. The minimum Gasteiger partial charge on any atom is -0.480 e. The number of aliphatic carboxylic acids is 1. The third kappa shape index (κ3) is 3.11. The normalized spacial score (nSPS) is 20.7. The lowest BCUT2D eigenvalue weighted by atomic mass is 10.0. The van der Waals surface area contributed by atoms with Gasteiger partial charge < -0.3 is 9.67 Å². The van der Waals surface area contributed by atoms with Crippen LogP contribution in [0.2, 0.25) is 0 Å². The van der Waals surface area contributed by atoms with Gasteiger partial charge in [0, 0.05) is 6.04 Å². The summed E-state index contributed by atoms with van der Waals surface area (Å²) in [7, 11) is 0. The molecule has 23 heavy (non-hydrogen) atoms. The summed E-state index contributed by atoms with van der Waals surface area (Å²) in [4.78, 5) is 18.9. The van der Waals surface area contributed by atoms with Gasteiger partial charge in [0.2, 0.25) is 0 Å². The number of rotatable bonds is 5. The van der Waals surface area contributed by atoms with Gasteiger partial charge in [0.15, 0.2) is 0 Å². The molecule has 5 heteroatoms. The molecule has 1 aliphatic rings. The van der Waals surface area contributed by atoms with Crippen molar-refractivity contribution in [2.45, 2.75) is 58.2 Å². The van der Waals surface area contributed by atoms with Gasteiger partial charge in [-0.3, -0.25) is 4.90 Å². The average Bonchev–Trinajstić information content (AvgIpc) is 2.88. The molecule has 1 fully saturated rings. The number of piperidine rings is 1. The Balaban J connectivity index is 2.02. The average molecular weight is 315 g/mol. The molecule has 2 aromatic rings. The van der Waals surface area contributed by atoms with Gasteiger partial charge in [0.1, 0.15) is 11.9 Å². The summed E-state index contributed by atoms with van der Waals surface area (Å²) in [6.45, 7) is 5.95. The second-order valence-corrected chi connectivity index (χ2v) is 6.46. The zero-order valence-corrected chi connectivity index (χ0v) is 13.9. The van der Waals surface area contributed by atoms with Crippen molar-refractivity contribution in [3.63, 3.8) is 0 Å². The van der Waals surface area contributed by atoms with Crippen LogP contribution in [0.5, 0.6) is 0 Å². The van der Waals surface area contributed by atoms with Crippen molar-refractivity contribution in [3.05, 3.63) is 30.1 Å². The highest BCUT2D eigenvalue weighted by molar-refractivity contribution is 5.80. The lowest BCUT2D eigenvalue weighted by Crippen LogP contribution is -2.38. The Labute approximate surface area is 136 Å². The topological polar surface area (TPSA) is 58.4 Å². The molecule has 0 radical (unpaired) electrons. The van der Waals surface area contributed by atoms with E-state index in [-0.39, 0.29) is 0 Å². The number of benzene rings is 1. The Morgan fingerprint density at radius 1 is 1.39 bits per heavy atom. The first kappa shape index (κ1) is 16.0. The fourth-order valence-corrected chi connectivity index (χ4v) is 3.60. The van der Waals surface area contributed by atoms with E-state index in [1.54, 1.807) is 0 Å². The Kier molecular flexibility index (Phi) is 4.66. The van der Waals surface area contributed by atoms with E-state index >= 15 is 0 Å². The van der Waals surface area contributed by atoms with Crippen LogP contribution in [0.3, 0.4) is 0 Å². The molecule has 2 atom stereocenters. The molecule has 124 valence electrons. The number of fused-ring (bicyclic) bond motifs is 1. The predicted molar refractivity (Wildman–Crippen MR) is 90.4 cm³/mol. The van der Waals surface area contributed by atoms with Crippen molar-refractivity contribution in [2.24, 2.45) is 0 Å². The Morgan fingerprint density at radius 2 is 2.17 bits per heavy atom. The molecule has 1 saturated heterocycles. The van der Waals surface area contributed by atoms with E-state index in [1.807, 2.05) is 35.8 Å². The number of carbonyl (C=O) groups is 1. The number of aromatic nitrogens is 2. The lowest BCUT2D eigenvalue weighted by Gasteiger charge is -2.33. The van der Waals surface area contributed by atoms with Gasteiger partial charge in [0.05, 0.1) is 17.6 Å². The molecule has 3 rings (SSSR count). The Hall–Kier alpha value is -1.88. The smallest absolute Gasteiger partial charge is 0.326 e. The van der Waals surface area contributed by atoms with Gasteiger partial charge in [-0.05, 0) is 44.9 Å². The summed E-state index contributed by atoms with van der Waals surface area (Å²) in [5.74, 6) is 0.0813. The standard InChI is InChI=1S/C18H25N3O2/c1-3-15(18(22)23)21-16-10-5-4-9-14(16)19-17(21)12-20-11-7-6-8-13(20)2/h4-5,9-10,13,15H,3,6-8,11-12H2,1-2H3,(H,22,23). The van der Waals surface area contributed by atoms with E-state index in [9.17, 15) is 9.90 Å². The van der Waals surface area contributed by atoms with Gasteiger partial charge in [-0.15, -0.1) is 0 Å². The van der Waals surface area contributed by atoms with Crippen LogP contribution >= 0.6 is 0 Å². The molecule has 0 amide bonds. The summed E-state index contributed by atoms with van der Waals surface area (Å²) < 4.78 is 1.93. The summed E-state index contributed by atoms with van der Waals surface area (Å²) >= 11 is 0. The SMILES string of the molecule is CCC(C(=O)O)n1c(CN2CCCCC2C)nc2ccccc21. The van der Waals surface area contributed by atoms with Crippen LogP contribution in [0.4, 0.5) is 0 Å². The summed E-state index contributed by atoms with van der Waals surface area (Å²) in [5.41, 5.74) is 1.80. The number of imidazole rings is 1. The monoisotopic (exact) mass is 315 g/mol. The van der Waals surface area contributed by atoms with Crippen molar-refractivity contribution in [3.8, 4) is 0 Å². The van der Waals surface area contributed by atoms with E-state index < -0.39 is 12.0 Å². The summed E-state index contributed by atoms with van der Waals surface area (Å²) in [6.07, 6.45) is 4.25. The Bertz CT molecular complexity index is 695. The maximum atomic E-state index is 11.7. The lowest BCUT2D eigenvalue weighted by molar-refractivity contribution is -0.141. The maximum Gasteiger partial charge on any atom is 0.326 e. The highest BCUT2D eigenvalue weighted by Crippen LogP contribution is 2.26. The van der Waals surface area contributed by atoms with Crippen molar-refractivity contribution < 1.29 is 9.90 Å². The fourth-order valence-electron chi connectivity index (χ4n) is 3.60. The molecule has 5 nitrogen and oxygen atoms in total. The molecule has 0 spiro atoms. The first-order chi connectivity index (χ1) is 11.1. The Morgan fingerprint density at radius 3 is 2.87 bits per heavy atom. The zero-order valence-electron chi connectivity index (χ0n) is 13.9. The minimum absolute atomic E-state index is 0.530. The number of likely N-dealkylation sites (tertiary alicyclic amines) is 1. The number of hydrogen-bond acceptors (Lipinski definition) is 3. The number of hydrogen-bond donors (Lipinski definition) is 1. The zero-order chi connectivity index (χ0) is 16.4. The van der Waals surface area contributed by atoms with Gasteiger partial charge in [-0.25, -0.2) is 9.78 Å². The van der Waals surface area contributed by atoms with Crippen LogP contribution in [0.15, 0.2) is 24.3 Å². The number of carboxylic acid groups (broad SMARTS) is 1. The van der Waals surface area contributed by atoms with Crippen LogP contribution in [-0.4, -0.2) is 38.1 Å². The highest BCUT2D eigenvalue weighted by Gasteiger charge is 2.26. The number of para-hydroxylation sites is 2. The van der Waals surface area contributed by atoms with Crippen molar-refractivity contribution >= 4 is 17.0 Å². The minimum atomic E-state index is -0.788. The molecule has 1 aromatic carbocycles. The molecule has 1 N–H and O–H groups in total. The van der Waals surface area contributed by atoms with Gasteiger partial charge in [-0.2, -0.15) is 0 Å². The van der Waals surface area contributed by atoms with Crippen LogP contribution in [0, 0.1) is 0 Å². The first-order valence-electron chi connectivity index (χ1n) is 8.54. The molecule has 1 aliphatic heterocycles. The second kappa shape index (κ2) is 6.71. The van der Waals surface area contributed by atoms with Crippen LogP contribution in [0.25, 0.3) is 11.0 Å². The largest absolute Gasteiger partial charge is 0.480 e. The molecular formula is C18H25N3O2. The molecular weight excluding hydrogens is 290 g/mol. The molecule has 2 heterocycles. The molecule has 0 saturated carbocycles. The summed E-state index contributed by atoms with van der Waals surface area (Å²) in [5, 5.41) is 9.62. The number of nitrogens with zero attached hydrogens (tertiary/aromatic N) is 3. The fraction of sp³-hybridized carbons (Fsp3) is 0.556. The van der Waals surface area contributed by atoms with Gasteiger partial charge >= 0.3 is 5.97 Å². The molecule has 0 bridgehead atoms. The van der Waals surface area contributed by atoms with Crippen molar-refractivity contribution in [2.75, 3.05) is 6.54 Å². The second-order valence-electron chi connectivity index (χ2n) is 6.46. The maximum absolute atomic E-state index is 11.7. The summed E-state index contributed by atoms with van der Waals surface area (Å²) in [6, 6.07) is 7.80. The molecule has 2 unspecified atom stereocenters. The van der Waals surface area contributed by atoms with E-state index in [4.69, 9.17) is 4.98 Å². The highest BCUT2D eigenvalue weighted by atomic mass is 16.4. The van der Waals surface area contributed by atoms with Gasteiger partial charge in [-0.1, -0.05) is 25.5 Å². The van der Waals surface area contributed by atoms with Crippen molar-refractivity contribution in [1.29, 1.82) is 0 Å². The van der Waals surface area contributed by atoms with Gasteiger partial charge in [0.25, 0.3) is 0 Å². The van der Waals surface area contributed by atoms with Crippen LogP contribution < -0.4 is 0 Å². The molecule has 0 aliphatic carbocycles. The quantitative estimate of drug-likeness (QED) is 0.918. The van der Waals surface area contributed by atoms with E-state index in [0.717, 1.165) is 29.9 Å². The molecule has 1 aromatic heterocycles.